The van der Waals surface area contributed by atoms with Crippen molar-refractivity contribution < 1.29 is 9.59 Å². The predicted octanol–water partition coefficient (Wildman–Crippen LogP) is 2.60. The zero-order valence-corrected chi connectivity index (χ0v) is 13.6. The molecule has 1 aromatic heterocycles. The average molecular weight is 326 g/mol. The van der Waals surface area contributed by atoms with Gasteiger partial charge in [-0.2, -0.15) is 5.10 Å². The molecule has 0 unspecified atom stereocenters. The lowest BCUT2D eigenvalue weighted by atomic mass is 10.2. The monoisotopic (exact) mass is 326 g/mol. The third-order valence-electron chi connectivity index (χ3n) is 4.18. The molecule has 6 nitrogen and oxygen atoms in total. The van der Waals surface area contributed by atoms with Gasteiger partial charge in [-0.1, -0.05) is 12.5 Å². The van der Waals surface area contributed by atoms with E-state index in [1.807, 2.05) is 41.4 Å². The molecule has 2 heterocycles. The first-order valence-corrected chi connectivity index (χ1v) is 8.40. The fraction of sp³-hybridized carbons (Fsp3) is 0.389. The van der Waals surface area contributed by atoms with E-state index in [1.165, 1.54) is 0 Å². The minimum atomic E-state index is -0.0790. The molecule has 126 valence electrons. The lowest BCUT2D eigenvalue weighted by molar-refractivity contribution is -0.131. The van der Waals surface area contributed by atoms with Gasteiger partial charge in [0.05, 0.1) is 5.69 Å². The number of aromatic nitrogens is 2. The number of hydrogen-bond acceptors (Lipinski definition) is 3. The van der Waals surface area contributed by atoms with Crippen molar-refractivity contribution in [3.8, 4) is 5.69 Å². The standard InChI is InChI=1S/C18H22N4O2/c23-17(9-13-21-11-3-1-2-8-18(21)24)20-15-6-4-7-16(14-15)22-12-5-10-19-22/h4-7,10,12,14H,1-3,8-9,11,13H2,(H,20,23). The molecule has 2 aromatic rings. The quantitative estimate of drug-likeness (QED) is 0.918. The molecule has 2 amide bonds. The molecular weight excluding hydrogens is 304 g/mol. The molecule has 3 rings (SSSR count). The molecule has 0 bridgehead atoms. The number of likely N-dealkylation sites (tertiary alicyclic amines) is 1. The Kier molecular flexibility index (Phi) is 5.25. The van der Waals surface area contributed by atoms with Crippen LogP contribution in [0.4, 0.5) is 5.69 Å². The van der Waals surface area contributed by atoms with Gasteiger partial charge in [-0.05, 0) is 37.1 Å². The minimum Gasteiger partial charge on any atom is -0.342 e. The van der Waals surface area contributed by atoms with E-state index in [2.05, 4.69) is 10.4 Å². The van der Waals surface area contributed by atoms with Crippen LogP contribution in [0.3, 0.4) is 0 Å². The summed E-state index contributed by atoms with van der Waals surface area (Å²) in [6.45, 7) is 1.25. The van der Waals surface area contributed by atoms with Crippen LogP contribution in [-0.4, -0.2) is 39.6 Å². The maximum Gasteiger partial charge on any atom is 0.226 e. The van der Waals surface area contributed by atoms with Crippen LogP contribution < -0.4 is 5.32 Å². The molecule has 1 fully saturated rings. The second-order valence-corrected chi connectivity index (χ2v) is 5.99. The van der Waals surface area contributed by atoms with Crippen LogP contribution in [0, 0.1) is 0 Å². The zero-order chi connectivity index (χ0) is 16.8. The Morgan fingerprint density at radius 3 is 2.96 bits per heavy atom. The Labute approximate surface area is 141 Å². The second-order valence-electron chi connectivity index (χ2n) is 5.99. The molecule has 24 heavy (non-hydrogen) atoms. The third-order valence-corrected chi connectivity index (χ3v) is 4.18. The van der Waals surface area contributed by atoms with Crippen molar-refractivity contribution in [2.24, 2.45) is 0 Å². The Bertz CT molecular complexity index is 697. The molecule has 0 radical (unpaired) electrons. The van der Waals surface area contributed by atoms with Crippen molar-refractivity contribution in [3.63, 3.8) is 0 Å². The Morgan fingerprint density at radius 2 is 2.12 bits per heavy atom. The topological polar surface area (TPSA) is 67.2 Å². The van der Waals surface area contributed by atoms with Gasteiger partial charge in [0.1, 0.15) is 0 Å². The van der Waals surface area contributed by atoms with Gasteiger partial charge in [0.25, 0.3) is 0 Å². The van der Waals surface area contributed by atoms with E-state index in [4.69, 9.17) is 0 Å². The highest BCUT2D eigenvalue weighted by molar-refractivity contribution is 5.91. The highest BCUT2D eigenvalue weighted by Gasteiger charge is 2.17. The van der Waals surface area contributed by atoms with Crippen LogP contribution in [0.25, 0.3) is 5.69 Å². The number of nitrogens with zero attached hydrogens (tertiary/aromatic N) is 3. The van der Waals surface area contributed by atoms with Crippen LogP contribution in [0.15, 0.2) is 42.7 Å². The van der Waals surface area contributed by atoms with Crippen LogP contribution >= 0.6 is 0 Å². The number of hydrogen-bond donors (Lipinski definition) is 1. The smallest absolute Gasteiger partial charge is 0.226 e. The number of nitrogens with one attached hydrogen (secondary N) is 1. The average Bonchev–Trinajstić information content (AvgIpc) is 3.04. The maximum atomic E-state index is 12.2. The van der Waals surface area contributed by atoms with Crippen molar-refractivity contribution >= 4 is 17.5 Å². The number of anilines is 1. The Morgan fingerprint density at radius 1 is 1.21 bits per heavy atom. The molecule has 1 aromatic carbocycles. The Balaban J connectivity index is 1.55. The molecule has 0 spiro atoms. The molecule has 1 saturated heterocycles. The van der Waals surface area contributed by atoms with Crippen molar-refractivity contribution in [2.75, 3.05) is 18.4 Å². The largest absolute Gasteiger partial charge is 0.342 e. The van der Waals surface area contributed by atoms with Gasteiger partial charge in [-0.3, -0.25) is 9.59 Å². The SMILES string of the molecule is O=C(CCN1CCCCCC1=O)Nc1cccc(-n2cccn2)c1. The summed E-state index contributed by atoms with van der Waals surface area (Å²) in [6.07, 6.45) is 7.57. The van der Waals surface area contributed by atoms with Gasteiger partial charge in [0.2, 0.25) is 11.8 Å². The van der Waals surface area contributed by atoms with Crippen molar-refractivity contribution in [3.05, 3.63) is 42.7 Å². The van der Waals surface area contributed by atoms with Gasteiger partial charge in [0, 0.05) is 44.0 Å². The van der Waals surface area contributed by atoms with Gasteiger partial charge in [0.15, 0.2) is 0 Å². The lowest BCUT2D eigenvalue weighted by Crippen LogP contribution is -2.33. The fourth-order valence-electron chi connectivity index (χ4n) is 2.88. The predicted molar refractivity (Wildman–Crippen MR) is 91.9 cm³/mol. The summed E-state index contributed by atoms with van der Waals surface area (Å²) >= 11 is 0. The summed E-state index contributed by atoms with van der Waals surface area (Å²) < 4.78 is 1.74. The van der Waals surface area contributed by atoms with E-state index >= 15 is 0 Å². The van der Waals surface area contributed by atoms with Gasteiger partial charge in [-0.25, -0.2) is 4.68 Å². The van der Waals surface area contributed by atoms with E-state index in [0.29, 0.717) is 19.4 Å². The van der Waals surface area contributed by atoms with Crippen LogP contribution in [-0.2, 0) is 9.59 Å². The van der Waals surface area contributed by atoms with Crippen molar-refractivity contribution in [1.82, 2.24) is 14.7 Å². The van der Waals surface area contributed by atoms with E-state index in [0.717, 1.165) is 37.2 Å². The summed E-state index contributed by atoms with van der Waals surface area (Å²) in [6, 6.07) is 9.39. The number of rotatable bonds is 5. The van der Waals surface area contributed by atoms with Gasteiger partial charge < -0.3 is 10.2 Å². The fourth-order valence-corrected chi connectivity index (χ4v) is 2.88. The number of carbonyl (C=O) groups is 2. The maximum absolute atomic E-state index is 12.2. The van der Waals surface area contributed by atoms with Gasteiger partial charge >= 0.3 is 0 Å². The van der Waals surface area contributed by atoms with Crippen molar-refractivity contribution in [2.45, 2.75) is 32.1 Å². The molecule has 1 N–H and O–H groups in total. The summed E-state index contributed by atoms with van der Waals surface area (Å²) in [5, 5.41) is 7.08. The van der Waals surface area contributed by atoms with Crippen LogP contribution in [0.5, 0.6) is 0 Å². The molecule has 1 aliphatic heterocycles. The molecule has 6 heteroatoms. The van der Waals surface area contributed by atoms with Gasteiger partial charge in [-0.15, -0.1) is 0 Å². The first-order chi connectivity index (χ1) is 11.7. The van der Waals surface area contributed by atoms with Crippen LogP contribution in [0.2, 0.25) is 0 Å². The first-order valence-electron chi connectivity index (χ1n) is 8.40. The zero-order valence-electron chi connectivity index (χ0n) is 13.6. The molecule has 0 saturated carbocycles. The Hall–Kier alpha value is -2.63. The lowest BCUT2D eigenvalue weighted by Gasteiger charge is -2.20. The summed E-state index contributed by atoms with van der Waals surface area (Å²) in [5.41, 5.74) is 1.62. The number of benzene rings is 1. The first kappa shape index (κ1) is 16.2. The number of amides is 2. The van der Waals surface area contributed by atoms with E-state index in [9.17, 15) is 9.59 Å². The molecule has 0 aliphatic carbocycles. The van der Waals surface area contributed by atoms with Crippen LogP contribution in [0.1, 0.15) is 32.1 Å². The second kappa shape index (κ2) is 7.77. The highest BCUT2D eigenvalue weighted by Crippen LogP contribution is 2.15. The summed E-state index contributed by atoms with van der Waals surface area (Å²) in [7, 11) is 0. The normalized spacial score (nSPS) is 15.2. The van der Waals surface area contributed by atoms with Crippen molar-refractivity contribution in [1.29, 1.82) is 0 Å². The molecular formula is C18H22N4O2. The van der Waals surface area contributed by atoms with E-state index in [-0.39, 0.29) is 11.8 Å². The number of carbonyl (C=O) groups excluding carboxylic acids is 2. The molecule has 0 atom stereocenters. The third kappa shape index (κ3) is 4.22. The minimum absolute atomic E-state index is 0.0790. The van der Waals surface area contributed by atoms with E-state index < -0.39 is 0 Å². The highest BCUT2D eigenvalue weighted by atomic mass is 16.2. The van der Waals surface area contributed by atoms with E-state index in [1.54, 1.807) is 10.9 Å². The summed E-state index contributed by atoms with van der Waals surface area (Å²) in [4.78, 5) is 25.9. The summed E-state index contributed by atoms with van der Waals surface area (Å²) in [5.74, 6) is 0.0886. The molecule has 1 aliphatic rings.